The summed E-state index contributed by atoms with van der Waals surface area (Å²) in [7, 11) is -2.01. The Morgan fingerprint density at radius 2 is 1.86 bits per heavy atom. The molecule has 2 aromatic carbocycles. The van der Waals surface area contributed by atoms with Gasteiger partial charge >= 0.3 is 0 Å². The highest BCUT2D eigenvalue weighted by Gasteiger charge is 2.35. The lowest BCUT2D eigenvalue weighted by Crippen LogP contribution is -2.47. The molecule has 2 unspecified atom stereocenters. The molecule has 6 rings (SSSR count). The molecule has 0 saturated carbocycles. The molecule has 4 aromatic rings. The van der Waals surface area contributed by atoms with Crippen LogP contribution in [0.15, 0.2) is 76.6 Å². The number of fused-ring (bicyclic) bond motifs is 5. The van der Waals surface area contributed by atoms with Gasteiger partial charge in [0.25, 0.3) is 15.6 Å². The van der Waals surface area contributed by atoms with Gasteiger partial charge in [-0.1, -0.05) is 24.3 Å². The van der Waals surface area contributed by atoms with Gasteiger partial charge in [0.1, 0.15) is 11.5 Å². The third-order valence-corrected chi connectivity index (χ3v) is 8.77. The number of aryl methyl sites for hydroxylation is 1. The van der Waals surface area contributed by atoms with E-state index in [-0.39, 0.29) is 22.1 Å². The van der Waals surface area contributed by atoms with Crippen molar-refractivity contribution in [2.24, 2.45) is 13.0 Å². The van der Waals surface area contributed by atoms with Gasteiger partial charge in [-0.2, -0.15) is 0 Å². The van der Waals surface area contributed by atoms with Crippen LogP contribution in [0.2, 0.25) is 0 Å². The van der Waals surface area contributed by atoms with Gasteiger partial charge in [0.15, 0.2) is 0 Å². The number of hydrogen-bond donors (Lipinski definition) is 1. The van der Waals surface area contributed by atoms with E-state index < -0.39 is 15.8 Å². The smallest absolute Gasteiger partial charge is 0.275 e. The molecule has 1 saturated heterocycles. The minimum absolute atomic E-state index is 0.0180. The molecule has 7 nitrogen and oxygen atoms in total. The van der Waals surface area contributed by atoms with Crippen molar-refractivity contribution in [2.75, 3.05) is 17.8 Å². The van der Waals surface area contributed by atoms with Gasteiger partial charge in [0.05, 0.1) is 4.90 Å². The van der Waals surface area contributed by atoms with E-state index in [2.05, 4.69) is 51.7 Å². The maximum absolute atomic E-state index is 13.6. The number of sulfonamides is 1. The highest BCUT2D eigenvalue weighted by molar-refractivity contribution is 7.92. The van der Waals surface area contributed by atoms with E-state index in [1.54, 1.807) is 4.57 Å². The summed E-state index contributed by atoms with van der Waals surface area (Å²) >= 11 is 0. The lowest BCUT2D eigenvalue weighted by atomic mass is 9.83. The highest BCUT2D eigenvalue weighted by Crippen LogP contribution is 2.36. The lowest BCUT2D eigenvalue weighted by Gasteiger charge is -2.43. The second kappa shape index (κ2) is 8.60. The Bertz CT molecular complexity index is 1640. The molecule has 4 heterocycles. The first-order chi connectivity index (χ1) is 17.3. The number of halogens is 1. The molecule has 36 heavy (non-hydrogen) atoms. The van der Waals surface area contributed by atoms with Crippen molar-refractivity contribution in [3.05, 3.63) is 94.3 Å². The second-order valence-electron chi connectivity index (χ2n) is 9.93. The topological polar surface area (TPSA) is 76.3 Å². The van der Waals surface area contributed by atoms with Crippen LogP contribution in [0, 0.1) is 11.7 Å². The van der Waals surface area contributed by atoms with E-state index >= 15 is 0 Å². The molecule has 2 aliphatic rings. The summed E-state index contributed by atoms with van der Waals surface area (Å²) in [6.45, 7) is 3.12. The Labute approximate surface area is 208 Å². The van der Waals surface area contributed by atoms with Crippen LogP contribution in [0.4, 0.5) is 10.1 Å². The zero-order valence-corrected chi connectivity index (χ0v) is 20.7. The molecular formula is C27H27FN4O3S. The fourth-order valence-corrected chi connectivity index (χ4v) is 6.97. The van der Waals surface area contributed by atoms with Gasteiger partial charge in [0.2, 0.25) is 0 Å². The predicted molar refractivity (Wildman–Crippen MR) is 137 cm³/mol. The molecule has 9 heteroatoms. The zero-order valence-electron chi connectivity index (χ0n) is 19.9. The van der Waals surface area contributed by atoms with Crippen LogP contribution in [0.3, 0.4) is 0 Å². The van der Waals surface area contributed by atoms with Crippen LogP contribution < -0.4 is 10.3 Å². The zero-order chi connectivity index (χ0) is 25.0. The third-order valence-electron chi connectivity index (χ3n) is 7.40. The molecule has 0 radical (unpaired) electrons. The number of piperidine rings is 1. The molecule has 186 valence electrons. The van der Waals surface area contributed by atoms with Gasteiger partial charge in [-0.05, 0) is 54.3 Å². The average Bonchev–Trinajstić information content (AvgIpc) is 3.16. The molecule has 2 bridgehead atoms. The first-order valence-electron chi connectivity index (χ1n) is 12.1. The molecule has 0 spiro atoms. The number of aromatic nitrogens is 2. The summed E-state index contributed by atoms with van der Waals surface area (Å²) in [6.07, 6.45) is 3.21. The summed E-state index contributed by atoms with van der Waals surface area (Å²) in [6, 6.07) is 16.6. The van der Waals surface area contributed by atoms with Crippen molar-refractivity contribution in [3.63, 3.8) is 0 Å². The van der Waals surface area contributed by atoms with Crippen molar-refractivity contribution in [2.45, 2.75) is 30.3 Å². The number of likely N-dealkylation sites (tertiary alicyclic amines) is 1. The van der Waals surface area contributed by atoms with E-state index in [1.165, 1.54) is 40.7 Å². The minimum atomic E-state index is -4.08. The Hall–Kier alpha value is -3.43. The van der Waals surface area contributed by atoms with E-state index in [0.29, 0.717) is 12.5 Å². The lowest BCUT2D eigenvalue weighted by molar-refractivity contribution is 0.115. The molecular weight excluding hydrogens is 479 g/mol. The quantitative estimate of drug-likeness (QED) is 0.446. The minimum Gasteiger partial charge on any atom is -0.350 e. The summed E-state index contributed by atoms with van der Waals surface area (Å²) in [4.78, 5) is 15.5. The van der Waals surface area contributed by atoms with E-state index in [1.807, 2.05) is 6.07 Å². The standard InChI is InChI=1S/C27H27FN4O3S/c1-30-15-20(23-7-2-3-8-26(23)30)17-31-13-18-11-19(16-31)25-10-9-24(27(33)32(25)14-18)29-36(34,35)22-6-4-5-21(28)12-22/h2-10,12,15,18-19,29H,11,13-14,16-17H2,1H3. The Balaban J connectivity index is 1.25. The predicted octanol–water partition coefficient (Wildman–Crippen LogP) is 3.90. The number of rotatable bonds is 5. The number of nitrogens with one attached hydrogen (secondary N) is 1. The Kier molecular flexibility index (Phi) is 5.49. The van der Waals surface area contributed by atoms with Gasteiger partial charge in [0, 0.05) is 61.9 Å². The summed E-state index contributed by atoms with van der Waals surface area (Å²) in [5.74, 6) is -0.144. The second-order valence-corrected chi connectivity index (χ2v) is 11.6. The average molecular weight is 507 g/mol. The van der Waals surface area contributed by atoms with Crippen LogP contribution in [0.5, 0.6) is 0 Å². The molecule has 1 N–H and O–H groups in total. The fourth-order valence-electron chi connectivity index (χ4n) is 5.88. The van der Waals surface area contributed by atoms with Crippen LogP contribution in [0.25, 0.3) is 10.9 Å². The van der Waals surface area contributed by atoms with Crippen LogP contribution in [0.1, 0.15) is 23.6 Å². The van der Waals surface area contributed by atoms with Crippen molar-refractivity contribution >= 4 is 26.6 Å². The maximum Gasteiger partial charge on any atom is 0.275 e. The number of anilines is 1. The summed E-state index contributed by atoms with van der Waals surface area (Å²) in [5.41, 5.74) is 3.08. The van der Waals surface area contributed by atoms with E-state index in [4.69, 9.17) is 0 Å². The first-order valence-corrected chi connectivity index (χ1v) is 13.5. The summed E-state index contributed by atoms with van der Waals surface area (Å²) < 4.78 is 45.3. The monoisotopic (exact) mass is 506 g/mol. The number of pyridine rings is 1. The third kappa shape index (κ3) is 4.02. The molecule has 2 aliphatic heterocycles. The first kappa shape index (κ1) is 23.0. The van der Waals surface area contributed by atoms with Crippen LogP contribution in [-0.2, 0) is 30.2 Å². The molecule has 0 amide bonds. The van der Waals surface area contributed by atoms with Gasteiger partial charge in [-0.15, -0.1) is 0 Å². The Morgan fingerprint density at radius 3 is 2.69 bits per heavy atom. The molecule has 0 aliphatic carbocycles. The maximum atomic E-state index is 13.6. The number of para-hydroxylation sites is 1. The Morgan fingerprint density at radius 1 is 1.03 bits per heavy atom. The molecule has 2 aromatic heterocycles. The summed E-state index contributed by atoms with van der Waals surface area (Å²) in [5, 5.41) is 1.27. The largest absolute Gasteiger partial charge is 0.350 e. The van der Waals surface area contributed by atoms with E-state index in [9.17, 15) is 17.6 Å². The van der Waals surface area contributed by atoms with Crippen LogP contribution >= 0.6 is 0 Å². The van der Waals surface area contributed by atoms with Crippen molar-refractivity contribution in [3.8, 4) is 0 Å². The van der Waals surface area contributed by atoms with Gasteiger partial charge in [-0.3, -0.25) is 14.4 Å². The van der Waals surface area contributed by atoms with Crippen molar-refractivity contribution < 1.29 is 12.8 Å². The highest BCUT2D eigenvalue weighted by atomic mass is 32.2. The number of hydrogen-bond acceptors (Lipinski definition) is 4. The van der Waals surface area contributed by atoms with Crippen molar-refractivity contribution in [1.29, 1.82) is 0 Å². The van der Waals surface area contributed by atoms with Crippen LogP contribution in [-0.4, -0.2) is 35.5 Å². The van der Waals surface area contributed by atoms with Crippen molar-refractivity contribution in [1.82, 2.24) is 14.0 Å². The number of nitrogens with zero attached hydrogens (tertiary/aromatic N) is 3. The molecule has 2 atom stereocenters. The molecule has 1 fully saturated rings. The normalized spacial score (nSPS) is 19.8. The van der Waals surface area contributed by atoms with Gasteiger partial charge < -0.3 is 9.13 Å². The fraction of sp³-hybridized carbons (Fsp3) is 0.296. The number of benzene rings is 2. The van der Waals surface area contributed by atoms with Gasteiger partial charge in [-0.25, -0.2) is 12.8 Å². The SMILES string of the molecule is Cn1cc(CN2CC3CC(C2)c2ccc(NS(=O)(=O)c4cccc(F)c4)c(=O)n2C3)c2ccccc21. The van der Waals surface area contributed by atoms with E-state index in [0.717, 1.165) is 37.8 Å².